The molecule has 39 heavy (non-hydrogen) atoms. The molecule has 2 aliphatic heterocycles. The quantitative estimate of drug-likeness (QED) is 0.185. The zero-order valence-electron chi connectivity index (χ0n) is 24.2. The molecule has 0 amide bonds. The summed E-state index contributed by atoms with van der Waals surface area (Å²) in [4.78, 5) is 19.4. The van der Waals surface area contributed by atoms with Crippen molar-refractivity contribution in [1.82, 2.24) is 9.80 Å². The fourth-order valence-electron chi connectivity index (χ4n) is 5.72. The first kappa shape index (κ1) is 30.1. The fraction of sp³-hybridized carbons (Fsp3) is 0.606. The van der Waals surface area contributed by atoms with Crippen molar-refractivity contribution in [1.29, 1.82) is 0 Å². The number of fused-ring (bicyclic) bond motifs is 2. The lowest BCUT2D eigenvalue weighted by Crippen LogP contribution is -2.48. The van der Waals surface area contributed by atoms with Crippen LogP contribution in [0.3, 0.4) is 0 Å². The summed E-state index contributed by atoms with van der Waals surface area (Å²) < 4.78 is 19.6. The Balaban J connectivity index is 1.27. The van der Waals surface area contributed by atoms with Crippen LogP contribution in [0.25, 0.3) is 0 Å². The van der Waals surface area contributed by atoms with Gasteiger partial charge in [-0.05, 0) is 53.6 Å². The Morgan fingerprint density at radius 3 is 2.46 bits per heavy atom. The monoisotopic (exact) mass is 554 g/mol. The highest BCUT2D eigenvalue weighted by atomic mass is 32.2. The molecule has 1 unspecified atom stereocenters. The van der Waals surface area contributed by atoms with Crippen LogP contribution in [0.2, 0.25) is 0 Å². The number of unbranched alkanes of at least 4 members (excludes halogenated alkanes) is 6. The minimum absolute atomic E-state index is 0.0502. The normalized spacial score (nSPS) is 18.0. The van der Waals surface area contributed by atoms with Gasteiger partial charge >= 0.3 is 5.97 Å². The summed E-state index contributed by atoms with van der Waals surface area (Å²) in [7, 11) is 0. The highest BCUT2D eigenvalue weighted by Gasteiger charge is 2.30. The van der Waals surface area contributed by atoms with E-state index in [1.54, 1.807) is 23.9 Å². The van der Waals surface area contributed by atoms with Crippen LogP contribution in [0.4, 0.5) is 4.39 Å². The number of benzene rings is 2. The zero-order chi connectivity index (χ0) is 27.6. The van der Waals surface area contributed by atoms with E-state index in [4.69, 9.17) is 4.74 Å². The molecule has 4 rings (SSSR count). The first-order chi connectivity index (χ1) is 18.9. The van der Waals surface area contributed by atoms with Crippen LogP contribution in [-0.4, -0.2) is 55.1 Å². The third-order valence-electron chi connectivity index (χ3n) is 8.22. The van der Waals surface area contributed by atoms with E-state index in [9.17, 15) is 9.18 Å². The second kappa shape index (κ2) is 15.2. The molecule has 0 aromatic heterocycles. The maximum absolute atomic E-state index is 14.1. The van der Waals surface area contributed by atoms with Gasteiger partial charge < -0.3 is 4.74 Å². The molecule has 0 aliphatic carbocycles. The van der Waals surface area contributed by atoms with Crippen molar-refractivity contribution in [2.24, 2.45) is 0 Å². The third-order valence-corrected chi connectivity index (χ3v) is 9.42. The van der Waals surface area contributed by atoms with Gasteiger partial charge in [0, 0.05) is 55.0 Å². The summed E-state index contributed by atoms with van der Waals surface area (Å²) in [6, 6.07) is 12.4. The summed E-state index contributed by atoms with van der Waals surface area (Å²) in [5, 5.41) is 0. The van der Waals surface area contributed by atoms with Gasteiger partial charge in [0.25, 0.3) is 0 Å². The van der Waals surface area contributed by atoms with E-state index in [-0.39, 0.29) is 17.8 Å². The summed E-state index contributed by atoms with van der Waals surface area (Å²) in [6.45, 7) is 11.9. The largest absolute Gasteiger partial charge is 0.464 e. The minimum Gasteiger partial charge on any atom is -0.464 e. The third kappa shape index (κ3) is 8.80. The molecule has 4 nitrogen and oxygen atoms in total. The molecule has 0 saturated carbocycles. The number of halogens is 1. The summed E-state index contributed by atoms with van der Waals surface area (Å²) in [5.74, 6) is 0.247. The molecular weight excluding hydrogens is 507 g/mol. The van der Waals surface area contributed by atoms with E-state index >= 15 is 0 Å². The highest BCUT2D eigenvalue weighted by molar-refractivity contribution is 7.99. The molecular formula is C33H47FN2O2S. The van der Waals surface area contributed by atoms with Crippen LogP contribution >= 0.6 is 11.8 Å². The molecule has 1 saturated heterocycles. The van der Waals surface area contributed by atoms with E-state index in [0.29, 0.717) is 18.9 Å². The Bertz CT molecular complexity index is 1070. The molecule has 2 aromatic carbocycles. The van der Waals surface area contributed by atoms with Gasteiger partial charge in [-0.1, -0.05) is 89.3 Å². The maximum Gasteiger partial charge on any atom is 0.305 e. The molecule has 2 heterocycles. The minimum atomic E-state index is -0.170. The summed E-state index contributed by atoms with van der Waals surface area (Å²) in [6.07, 6.45) is 9.92. The maximum atomic E-state index is 14.1. The SMILES string of the molecule is CCCCCCCCCC(=O)OCCN1CCN(C2Cc3ccc(F)cc3Sc3ccc(C(C)C)cc32)CC1. The lowest BCUT2D eigenvalue weighted by atomic mass is 9.93. The predicted octanol–water partition coefficient (Wildman–Crippen LogP) is 8.00. The van der Waals surface area contributed by atoms with Gasteiger partial charge in [-0.3, -0.25) is 14.6 Å². The van der Waals surface area contributed by atoms with Gasteiger partial charge in [0.2, 0.25) is 0 Å². The van der Waals surface area contributed by atoms with E-state index in [2.05, 4.69) is 48.8 Å². The summed E-state index contributed by atoms with van der Waals surface area (Å²) in [5.41, 5.74) is 3.95. The zero-order valence-corrected chi connectivity index (χ0v) is 25.0. The van der Waals surface area contributed by atoms with Crippen LogP contribution < -0.4 is 0 Å². The molecule has 6 heteroatoms. The van der Waals surface area contributed by atoms with E-state index < -0.39 is 0 Å². The molecule has 0 spiro atoms. The van der Waals surface area contributed by atoms with E-state index in [1.807, 2.05) is 6.07 Å². The van der Waals surface area contributed by atoms with Crippen molar-refractivity contribution in [2.75, 3.05) is 39.3 Å². The van der Waals surface area contributed by atoms with Crippen LogP contribution in [0, 0.1) is 5.82 Å². The first-order valence-electron chi connectivity index (χ1n) is 15.2. The standard InChI is InChI=1S/C33H47FN2O2S/c1-4-5-6-7-8-9-10-11-33(37)38-21-20-35-16-18-36(19-17-35)30-23-27-12-14-28(34)24-32(27)39-31-15-13-26(25(2)3)22-29(30)31/h12-15,22,24-25,30H,4-11,16-21,23H2,1-3H3. The second-order valence-corrected chi connectivity index (χ2v) is 12.6. The smallest absolute Gasteiger partial charge is 0.305 e. The van der Waals surface area contributed by atoms with Crippen LogP contribution in [-0.2, 0) is 16.0 Å². The number of nitrogens with zero attached hydrogens (tertiary/aromatic N) is 2. The van der Waals surface area contributed by atoms with Gasteiger partial charge in [0.05, 0.1) is 0 Å². The Labute approximate surface area is 239 Å². The topological polar surface area (TPSA) is 32.8 Å². The molecule has 0 bridgehead atoms. The average Bonchev–Trinajstić information content (AvgIpc) is 3.09. The van der Waals surface area contributed by atoms with Crippen molar-refractivity contribution >= 4 is 17.7 Å². The molecule has 2 aliphatic rings. The van der Waals surface area contributed by atoms with Crippen LogP contribution in [0.5, 0.6) is 0 Å². The highest BCUT2D eigenvalue weighted by Crippen LogP contribution is 2.44. The number of ether oxygens (including phenoxy) is 1. The van der Waals surface area contributed by atoms with Crippen molar-refractivity contribution in [3.05, 3.63) is 58.9 Å². The second-order valence-electron chi connectivity index (χ2n) is 11.5. The Morgan fingerprint density at radius 1 is 0.974 bits per heavy atom. The van der Waals surface area contributed by atoms with Crippen molar-refractivity contribution in [3.63, 3.8) is 0 Å². The average molecular weight is 555 g/mol. The number of rotatable bonds is 13. The molecule has 214 valence electrons. The van der Waals surface area contributed by atoms with Crippen molar-refractivity contribution < 1.29 is 13.9 Å². The predicted molar refractivity (Wildman–Crippen MR) is 159 cm³/mol. The number of carbonyl (C=O) groups excluding carboxylic acids is 1. The Hall–Kier alpha value is -1.89. The van der Waals surface area contributed by atoms with Gasteiger partial charge in [0.1, 0.15) is 12.4 Å². The first-order valence-corrected chi connectivity index (χ1v) is 16.0. The lowest BCUT2D eigenvalue weighted by Gasteiger charge is -2.39. The van der Waals surface area contributed by atoms with E-state index in [0.717, 1.165) is 56.9 Å². The van der Waals surface area contributed by atoms with Crippen molar-refractivity contribution in [2.45, 2.75) is 100 Å². The van der Waals surface area contributed by atoms with Crippen LogP contribution in [0.15, 0.2) is 46.2 Å². The molecule has 0 radical (unpaired) electrons. The molecule has 1 fully saturated rings. The number of esters is 1. The van der Waals surface area contributed by atoms with Gasteiger partial charge in [0.15, 0.2) is 0 Å². The van der Waals surface area contributed by atoms with Gasteiger partial charge in [-0.2, -0.15) is 0 Å². The summed E-state index contributed by atoms with van der Waals surface area (Å²) >= 11 is 1.71. The number of hydrogen-bond donors (Lipinski definition) is 0. The van der Waals surface area contributed by atoms with Gasteiger partial charge in [-0.15, -0.1) is 0 Å². The van der Waals surface area contributed by atoms with E-state index in [1.165, 1.54) is 53.7 Å². The molecule has 1 atom stereocenters. The van der Waals surface area contributed by atoms with Gasteiger partial charge in [-0.25, -0.2) is 4.39 Å². The van der Waals surface area contributed by atoms with Crippen molar-refractivity contribution in [3.8, 4) is 0 Å². The Kier molecular flexibility index (Phi) is 11.7. The Morgan fingerprint density at radius 2 is 1.72 bits per heavy atom. The lowest BCUT2D eigenvalue weighted by molar-refractivity contribution is -0.144. The number of hydrogen-bond acceptors (Lipinski definition) is 5. The molecule has 2 aromatic rings. The fourth-order valence-corrected chi connectivity index (χ4v) is 6.86. The molecule has 0 N–H and O–H groups in total. The van der Waals surface area contributed by atoms with Crippen LogP contribution in [0.1, 0.15) is 101 Å². The number of carbonyl (C=O) groups is 1. The number of piperazine rings is 1.